The molecule has 0 aromatic heterocycles. The van der Waals surface area contributed by atoms with E-state index in [1.54, 1.807) is 0 Å². The number of nitrogens with one attached hydrogen (secondary N) is 1. The zero-order chi connectivity index (χ0) is 23.9. The molecule has 1 aliphatic heterocycles. The van der Waals surface area contributed by atoms with Gasteiger partial charge in [-0.2, -0.15) is 0 Å². The fourth-order valence-corrected chi connectivity index (χ4v) is 4.00. The number of carbonyl (C=O) groups is 2. The van der Waals surface area contributed by atoms with Crippen LogP contribution in [0.2, 0.25) is 0 Å². The minimum Gasteiger partial charge on any atom is -0.350 e. The zero-order valence-corrected chi connectivity index (χ0v) is 20.1. The first-order valence-corrected chi connectivity index (χ1v) is 11.2. The monoisotopic (exact) mass is 438 g/mol. The van der Waals surface area contributed by atoms with E-state index in [0.29, 0.717) is 17.0 Å². The van der Waals surface area contributed by atoms with Gasteiger partial charge in [-0.05, 0) is 66.6 Å². The lowest BCUT2D eigenvalue weighted by atomic mass is 9.87. The van der Waals surface area contributed by atoms with Crippen LogP contribution in [0.15, 0.2) is 72.4 Å². The Hall–Kier alpha value is -3.66. The maximum atomic E-state index is 13.6. The van der Waals surface area contributed by atoms with Crippen LogP contribution in [0.3, 0.4) is 0 Å². The summed E-state index contributed by atoms with van der Waals surface area (Å²) in [5, 5.41) is 3.30. The summed E-state index contributed by atoms with van der Waals surface area (Å²) >= 11 is 0. The molecule has 1 aliphatic rings. The van der Waals surface area contributed by atoms with Crippen LogP contribution in [0.1, 0.15) is 48.6 Å². The zero-order valence-electron chi connectivity index (χ0n) is 20.1. The number of anilines is 2. The van der Waals surface area contributed by atoms with E-state index in [2.05, 4.69) is 26.1 Å². The lowest BCUT2D eigenvalue weighted by molar-refractivity contribution is -0.120. The minimum atomic E-state index is -0.347. The number of rotatable bonds is 4. The molecule has 0 aliphatic carbocycles. The molecule has 2 amide bonds. The van der Waals surface area contributed by atoms with Crippen LogP contribution in [-0.4, -0.2) is 11.8 Å². The van der Waals surface area contributed by atoms with Crippen molar-refractivity contribution in [2.45, 2.75) is 47.0 Å². The largest absolute Gasteiger partial charge is 0.350 e. The fourth-order valence-electron chi connectivity index (χ4n) is 4.00. The summed E-state index contributed by atoms with van der Waals surface area (Å²) < 4.78 is 0. The van der Waals surface area contributed by atoms with Crippen molar-refractivity contribution < 1.29 is 9.59 Å². The Morgan fingerprint density at radius 3 is 2.00 bits per heavy atom. The van der Waals surface area contributed by atoms with Gasteiger partial charge in [-0.1, -0.05) is 74.9 Å². The summed E-state index contributed by atoms with van der Waals surface area (Å²) in [6.07, 6.45) is 0. The molecular weight excluding hydrogens is 408 g/mol. The second-order valence-corrected chi connectivity index (χ2v) is 9.73. The van der Waals surface area contributed by atoms with Crippen molar-refractivity contribution in [2.75, 3.05) is 10.2 Å². The van der Waals surface area contributed by atoms with E-state index in [9.17, 15) is 9.59 Å². The van der Waals surface area contributed by atoms with Crippen LogP contribution in [-0.2, 0) is 15.0 Å². The lowest BCUT2D eigenvalue weighted by Crippen LogP contribution is -2.32. The molecule has 4 rings (SSSR count). The highest BCUT2D eigenvalue weighted by Crippen LogP contribution is 2.35. The van der Waals surface area contributed by atoms with Crippen molar-refractivity contribution in [3.63, 3.8) is 0 Å². The van der Waals surface area contributed by atoms with Crippen molar-refractivity contribution in [3.05, 3.63) is 100 Å². The molecule has 0 saturated carbocycles. The quantitative estimate of drug-likeness (QED) is 0.486. The molecular formula is C29H30N2O2. The number of hydrogen-bond acceptors (Lipinski definition) is 3. The van der Waals surface area contributed by atoms with Crippen molar-refractivity contribution in [1.29, 1.82) is 0 Å². The van der Waals surface area contributed by atoms with Crippen LogP contribution in [0.4, 0.5) is 11.4 Å². The molecule has 0 saturated heterocycles. The number of benzene rings is 3. The van der Waals surface area contributed by atoms with Gasteiger partial charge in [-0.3, -0.25) is 9.59 Å². The number of nitrogens with zero attached hydrogens (tertiary/aromatic N) is 1. The normalized spacial score (nSPS) is 14.3. The van der Waals surface area contributed by atoms with Crippen molar-refractivity contribution in [3.8, 4) is 0 Å². The number of aryl methyl sites for hydroxylation is 2. The molecule has 3 aromatic carbocycles. The van der Waals surface area contributed by atoms with Crippen LogP contribution < -0.4 is 10.2 Å². The van der Waals surface area contributed by atoms with E-state index in [0.717, 1.165) is 33.5 Å². The number of carbonyl (C=O) groups excluding carboxylic acids is 2. The standard InChI is InChI=1S/C29H30N2O2/c1-18-10-12-21(13-11-18)25-26(30-24-9-7-8-19(2)20(24)3)28(33)31(27(25)32)23-16-14-22(15-17-23)29(4,5)6/h7-17,30H,1-6H3. The van der Waals surface area contributed by atoms with E-state index >= 15 is 0 Å². The van der Waals surface area contributed by atoms with Crippen molar-refractivity contribution in [2.24, 2.45) is 0 Å². The molecule has 4 nitrogen and oxygen atoms in total. The average molecular weight is 439 g/mol. The van der Waals surface area contributed by atoms with Gasteiger partial charge in [-0.15, -0.1) is 0 Å². The number of hydrogen-bond donors (Lipinski definition) is 1. The Balaban J connectivity index is 1.80. The molecule has 0 spiro atoms. The molecule has 0 radical (unpaired) electrons. The summed E-state index contributed by atoms with van der Waals surface area (Å²) in [6, 6.07) is 21.3. The highest BCUT2D eigenvalue weighted by Gasteiger charge is 2.40. The first kappa shape index (κ1) is 22.5. The third-order valence-corrected chi connectivity index (χ3v) is 6.28. The minimum absolute atomic E-state index is 0.0156. The summed E-state index contributed by atoms with van der Waals surface area (Å²) in [6.45, 7) is 12.4. The van der Waals surface area contributed by atoms with Gasteiger partial charge in [0.05, 0.1) is 11.3 Å². The molecule has 33 heavy (non-hydrogen) atoms. The predicted molar refractivity (Wildman–Crippen MR) is 135 cm³/mol. The van der Waals surface area contributed by atoms with Crippen LogP contribution in [0, 0.1) is 20.8 Å². The summed E-state index contributed by atoms with van der Waals surface area (Å²) in [4.78, 5) is 28.6. The Kier molecular flexibility index (Phi) is 5.71. The molecule has 0 bridgehead atoms. The molecule has 1 N–H and O–H groups in total. The molecule has 1 heterocycles. The maximum Gasteiger partial charge on any atom is 0.282 e. The Morgan fingerprint density at radius 2 is 1.39 bits per heavy atom. The number of amides is 2. The molecule has 0 unspecified atom stereocenters. The maximum absolute atomic E-state index is 13.6. The molecule has 4 heteroatoms. The number of imide groups is 1. The third-order valence-electron chi connectivity index (χ3n) is 6.28. The van der Waals surface area contributed by atoms with E-state index in [-0.39, 0.29) is 17.2 Å². The summed E-state index contributed by atoms with van der Waals surface area (Å²) in [5.41, 5.74) is 7.18. The molecule has 3 aromatic rings. The SMILES string of the molecule is Cc1ccc(C2=C(Nc3cccc(C)c3C)C(=O)N(c3ccc(C(C)(C)C)cc3)C2=O)cc1. The van der Waals surface area contributed by atoms with Gasteiger partial charge in [0.15, 0.2) is 0 Å². The van der Waals surface area contributed by atoms with Crippen LogP contribution >= 0.6 is 0 Å². The van der Waals surface area contributed by atoms with Crippen molar-refractivity contribution in [1.82, 2.24) is 0 Å². The van der Waals surface area contributed by atoms with E-state index in [1.165, 1.54) is 4.90 Å². The van der Waals surface area contributed by atoms with E-state index < -0.39 is 0 Å². The van der Waals surface area contributed by atoms with Crippen LogP contribution in [0.25, 0.3) is 5.57 Å². The smallest absolute Gasteiger partial charge is 0.282 e. The van der Waals surface area contributed by atoms with Gasteiger partial charge in [0.1, 0.15) is 5.70 Å². The Morgan fingerprint density at radius 1 is 0.758 bits per heavy atom. The topological polar surface area (TPSA) is 49.4 Å². The first-order valence-electron chi connectivity index (χ1n) is 11.2. The third kappa shape index (κ3) is 4.21. The Bertz CT molecular complexity index is 1260. The highest BCUT2D eigenvalue weighted by molar-refractivity contribution is 6.46. The van der Waals surface area contributed by atoms with Gasteiger partial charge in [0.25, 0.3) is 11.8 Å². The predicted octanol–water partition coefficient (Wildman–Crippen LogP) is 6.31. The Labute approximate surface area is 195 Å². The van der Waals surface area contributed by atoms with Gasteiger partial charge >= 0.3 is 0 Å². The molecule has 0 atom stereocenters. The second-order valence-electron chi connectivity index (χ2n) is 9.73. The highest BCUT2D eigenvalue weighted by atomic mass is 16.2. The van der Waals surface area contributed by atoms with E-state index in [1.807, 2.05) is 87.5 Å². The second kappa shape index (κ2) is 8.36. The molecule has 168 valence electrons. The summed E-state index contributed by atoms with van der Waals surface area (Å²) in [5.74, 6) is -0.667. The van der Waals surface area contributed by atoms with Crippen molar-refractivity contribution >= 4 is 28.8 Å². The lowest BCUT2D eigenvalue weighted by Gasteiger charge is -2.21. The first-order chi connectivity index (χ1) is 15.6. The van der Waals surface area contributed by atoms with E-state index in [4.69, 9.17) is 0 Å². The summed E-state index contributed by atoms with van der Waals surface area (Å²) in [7, 11) is 0. The van der Waals surface area contributed by atoms with Gasteiger partial charge in [-0.25, -0.2) is 4.90 Å². The average Bonchev–Trinajstić information content (AvgIpc) is 3.01. The molecule has 0 fully saturated rings. The fraction of sp³-hybridized carbons (Fsp3) is 0.241. The van der Waals surface area contributed by atoms with Gasteiger partial charge < -0.3 is 5.32 Å². The van der Waals surface area contributed by atoms with Crippen LogP contribution in [0.5, 0.6) is 0 Å². The van der Waals surface area contributed by atoms with Gasteiger partial charge in [0, 0.05) is 5.69 Å². The van der Waals surface area contributed by atoms with Gasteiger partial charge in [0.2, 0.25) is 0 Å².